The molecule has 0 aliphatic carbocycles. The highest BCUT2D eigenvalue weighted by molar-refractivity contribution is 14.1. The van der Waals surface area contributed by atoms with E-state index in [-0.39, 0.29) is 5.78 Å². The minimum atomic E-state index is 0.156. The molecule has 13 heavy (non-hydrogen) atoms. The van der Waals surface area contributed by atoms with E-state index in [1.165, 1.54) is 0 Å². The number of ketones is 1. The Balaban J connectivity index is 3.11. The van der Waals surface area contributed by atoms with E-state index in [2.05, 4.69) is 22.6 Å². The highest BCUT2D eigenvalue weighted by atomic mass is 127. The van der Waals surface area contributed by atoms with Gasteiger partial charge in [-0.05, 0) is 40.8 Å². The molecule has 0 bridgehead atoms. The normalized spacial score (nSPS) is 9.77. The molecule has 70 valence electrons. The van der Waals surface area contributed by atoms with Crippen molar-refractivity contribution in [1.29, 1.82) is 0 Å². The van der Waals surface area contributed by atoms with Gasteiger partial charge in [-0.2, -0.15) is 0 Å². The summed E-state index contributed by atoms with van der Waals surface area (Å²) >= 11 is 2.16. The number of rotatable bonds is 3. The molecule has 0 fully saturated rings. The second kappa shape index (κ2) is 4.60. The van der Waals surface area contributed by atoms with Crippen molar-refractivity contribution < 1.29 is 9.53 Å². The van der Waals surface area contributed by atoms with Gasteiger partial charge < -0.3 is 4.74 Å². The van der Waals surface area contributed by atoms with Gasteiger partial charge in [0.2, 0.25) is 0 Å². The molecule has 0 aliphatic rings. The van der Waals surface area contributed by atoms with Crippen LogP contribution in [0.15, 0.2) is 18.2 Å². The number of halogens is 1. The molecule has 1 rings (SSSR count). The van der Waals surface area contributed by atoms with Crippen LogP contribution in [0, 0.1) is 3.57 Å². The van der Waals surface area contributed by atoms with E-state index < -0.39 is 0 Å². The van der Waals surface area contributed by atoms with Crippen LogP contribution in [0.1, 0.15) is 23.7 Å². The molecule has 0 spiro atoms. The fourth-order valence-corrected chi connectivity index (χ4v) is 1.67. The van der Waals surface area contributed by atoms with Gasteiger partial charge >= 0.3 is 0 Å². The van der Waals surface area contributed by atoms with Crippen LogP contribution in [0.2, 0.25) is 0 Å². The Morgan fingerprint density at radius 3 is 2.77 bits per heavy atom. The van der Waals surface area contributed by atoms with E-state index in [1.807, 2.05) is 19.1 Å². The van der Waals surface area contributed by atoms with Gasteiger partial charge in [0.15, 0.2) is 5.78 Å². The Labute approximate surface area is 91.4 Å². The maximum atomic E-state index is 11.4. The first-order valence-corrected chi connectivity index (χ1v) is 5.13. The van der Waals surface area contributed by atoms with Gasteiger partial charge in [-0.3, -0.25) is 4.79 Å². The van der Waals surface area contributed by atoms with Crippen molar-refractivity contribution in [3.63, 3.8) is 0 Å². The number of Topliss-reactive ketones (excluding diaryl/α,β-unsaturated/α-hetero) is 1. The molecule has 0 saturated heterocycles. The fourth-order valence-electron chi connectivity index (χ4n) is 1.04. The molecule has 1 aromatic carbocycles. The molecule has 0 N–H and O–H groups in total. The molecular formula is C10H11IO2. The Morgan fingerprint density at radius 2 is 2.23 bits per heavy atom. The summed E-state index contributed by atoms with van der Waals surface area (Å²) in [5.41, 5.74) is 0.752. The van der Waals surface area contributed by atoms with E-state index in [0.29, 0.717) is 6.42 Å². The minimum absolute atomic E-state index is 0.156. The second-order valence-electron chi connectivity index (χ2n) is 2.62. The van der Waals surface area contributed by atoms with Crippen molar-refractivity contribution in [2.45, 2.75) is 13.3 Å². The van der Waals surface area contributed by atoms with Crippen molar-refractivity contribution in [3.8, 4) is 5.75 Å². The lowest BCUT2D eigenvalue weighted by molar-refractivity contribution is 0.0987. The summed E-state index contributed by atoms with van der Waals surface area (Å²) in [5.74, 6) is 0.889. The molecule has 0 atom stereocenters. The van der Waals surface area contributed by atoms with Gasteiger partial charge in [-0.15, -0.1) is 0 Å². The molecule has 0 aromatic heterocycles. The Morgan fingerprint density at radius 1 is 1.54 bits per heavy atom. The van der Waals surface area contributed by atoms with Crippen LogP contribution in [0.25, 0.3) is 0 Å². The van der Waals surface area contributed by atoms with E-state index in [4.69, 9.17) is 4.74 Å². The molecule has 0 heterocycles. The van der Waals surface area contributed by atoms with Crippen molar-refractivity contribution in [3.05, 3.63) is 27.3 Å². The number of carbonyl (C=O) groups is 1. The van der Waals surface area contributed by atoms with Gasteiger partial charge in [-0.25, -0.2) is 0 Å². The topological polar surface area (TPSA) is 26.3 Å². The average Bonchev–Trinajstić information content (AvgIpc) is 2.17. The lowest BCUT2D eigenvalue weighted by Gasteiger charge is -2.04. The zero-order valence-electron chi connectivity index (χ0n) is 7.63. The summed E-state index contributed by atoms with van der Waals surface area (Å²) in [6, 6.07) is 5.53. The predicted molar refractivity (Wildman–Crippen MR) is 60.3 cm³/mol. The Bertz CT molecular complexity index is 321. The van der Waals surface area contributed by atoms with Gasteiger partial charge in [0, 0.05) is 15.6 Å². The fraction of sp³-hybridized carbons (Fsp3) is 0.300. The Kier molecular flexibility index (Phi) is 3.71. The number of methoxy groups -OCH3 is 1. The Hall–Kier alpha value is -0.580. The number of benzene rings is 1. The van der Waals surface area contributed by atoms with Crippen LogP contribution < -0.4 is 4.74 Å². The van der Waals surface area contributed by atoms with Crippen LogP contribution in [-0.2, 0) is 0 Å². The average molecular weight is 290 g/mol. The molecule has 3 heteroatoms. The van der Waals surface area contributed by atoms with Gasteiger partial charge in [0.1, 0.15) is 5.75 Å². The molecule has 0 amide bonds. The third kappa shape index (κ3) is 2.43. The SMILES string of the molecule is CCC(=O)c1cc(OC)ccc1I. The van der Waals surface area contributed by atoms with Crippen molar-refractivity contribution in [2.75, 3.05) is 7.11 Å². The summed E-state index contributed by atoms with van der Waals surface area (Å²) in [6.45, 7) is 1.86. The monoisotopic (exact) mass is 290 g/mol. The predicted octanol–water partition coefficient (Wildman–Crippen LogP) is 2.89. The third-order valence-electron chi connectivity index (χ3n) is 1.80. The van der Waals surface area contributed by atoms with Gasteiger partial charge in [0.05, 0.1) is 7.11 Å². The van der Waals surface area contributed by atoms with Crippen molar-refractivity contribution in [1.82, 2.24) is 0 Å². The van der Waals surface area contributed by atoms with Gasteiger partial charge in [0.25, 0.3) is 0 Å². The van der Waals surface area contributed by atoms with Gasteiger partial charge in [-0.1, -0.05) is 6.92 Å². The minimum Gasteiger partial charge on any atom is -0.497 e. The number of ether oxygens (including phenoxy) is 1. The van der Waals surface area contributed by atoms with Crippen LogP contribution in [0.4, 0.5) is 0 Å². The maximum Gasteiger partial charge on any atom is 0.163 e. The summed E-state index contributed by atoms with van der Waals surface area (Å²) < 4.78 is 6.03. The molecule has 0 saturated carbocycles. The largest absolute Gasteiger partial charge is 0.497 e. The molecular weight excluding hydrogens is 279 g/mol. The maximum absolute atomic E-state index is 11.4. The van der Waals surface area contributed by atoms with Crippen LogP contribution in [-0.4, -0.2) is 12.9 Å². The highest BCUT2D eigenvalue weighted by Crippen LogP contribution is 2.20. The summed E-state index contributed by atoms with van der Waals surface area (Å²) in [7, 11) is 1.60. The van der Waals surface area contributed by atoms with E-state index in [1.54, 1.807) is 13.2 Å². The molecule has 0 radical (unpaired) electrons. The lowest BCUT2D eigenvalue weighted by Crippen LogP contribution is -2.00. The van der Waals surface area contributed by atoms with Crippen molar-refractivity contribution in [2.24, 2.45) is 0 Å². The molecule has 0 unspecified atom stereocenters. The molecule has 0 aliphatic heterocycles. The van der Waals surface area contributed by atoms with Crippen LogP contribution in [0.3, 0.4) is 0 Å². The van der Waals surface area contributed by atoms with Crippen LogP contribution >= 0.6 is 22.6 Å². The lowest BCUT2D eigenvalue weighted by atomic mass is 10.1. The summed E-state index contributed by atoms with van der Waals surface area (Å²) in [4.78, 5) is 11.4. The highest BCUT2D eigenvalue weighted by Gasteiger charge is 2.08. The van der Waals surface area contributed by atoms with E-state index in [9.17, 15) is 4.79 Å². The molecule has 1 aromatic rings. The molecule has 2 nitrogen and oxygen atoms in total. The number of carbonyl (C=O) groups excluding carboxylic acids is 1. The number of hydrogen-bond acceptors (Lipinski definition) is 2. The standard InChI is InChI=1S/C10H11IO2/c1-3-10(12)8-6-7(13-2)4-5-9(8)11/h4-6H,3H2,1-2H3. The zero-order chi connectivity index (χ0) is 9.84. The first-order valence-electron chi connectivity index (χ1n) is 4.05. The first-order chi connectivity index (χ1) is 6.19. The number of hydrogen-bond donors (Lipinski definition) is 0. The van der Waals surface area contributed by atoms with Crippen LogP contribution in [0.5, 0.6) is 5.75 Å². The zero-order valence-corrected chi connectivity index (χ0v) is 9.79. The first kappa shape index (κ1) is 10.5. The summed E-state index contributed by atoms with van der Waals surface area (Å²) in [6.07, 6.45) is 0.531. The smallest absolute Gasteiger partial charge is 0.163 e. The van der Waals surface area contributed by atoms with E-state index in [0.717, 1.165) is 14.9 Å². The quantitative estimate of drug-likeness (QED) is 0.632. The second-order valence-corrected chi connectivity index (χ2v) is 3.78. The van der Waals surface area contributed by atoms with Crippen molar-refractivity contribution >= 4 is 28.4 Å². The van der Waals surface area contributed by atoms with E-state index >= 15 is 0 Å². The summed E-state index contributed by atoms with van der Waals surface area (Å²) in [5, 5.41) is 0. The third-order valence-corrected chi connectivity index (χ3v) is 2.74.